The van der Waals surface area contributed by atoms with Crippen molar-refractivity contribution in [1.82, 2.24) is 0 Å². The van der Waals surface area contributed by atoms with E-state index in [0.29, 0.717) is 15.8 Å². The Morgan fingerprint density at radius 1 is 1.18 bits per heavy atom. The molecule has 1 aliphatic rings. The normalized spacial score (nSPS) is 18.0. The summed E-state index contributed by atoms with van der Waals surface area (Å²) in [5.74, 6) is 0.516. The highest BCUT2D eigenvalue weighted by Crippen LogP contribution is 2.46. The first-order valence-corrected chi connectivity index (χ1v) is 8.88. The molecule has 0 bridgehead atoms. The zero-order valence-electron chi connectivity index (χ0n) is 12.1. The Bertz CT molecular complexity index is 699. The van der Waals surface area contributed by atoms with E-state index < -0.39 is 0 Å². The molecular formula is C17H15Cl2NOS. The van der Waals surface area contributed by atoms with Gasteiger partial charge in [0.25, 0.3) is 0 Å². The lowest BCUT2D eigenvalue weighted by atomic mass is 10.1. The van der Waals surface area contributed by atoms with Crippen LogP contribution in [0.4, 0.5) is 5.69 Å². The minimum Gasteiger partial charge on any atom is -0.295 e. The third-order valence-corrected chi connectivity index (χ3v) is 5.55. The summed E-state index contributed by atoms with van der Waals surface area (Å²) in [5, 5.41) is 1.01. The van der Waals surface area contributed by atoms with Gasteiger partial charge in [-0.3, -0.25) is 9.69 Å². The lowest BCUT2D eigenvalue weighted by Crippen LogP contribution is -2.28. The zero-order valence-corrected chi connectivity index (χ0v) is 14.4. The van der Waals surface area contributed by atoms with Crippen molar-refractivity contribution in [3.8, 4) is 0 Å². The van der Waals surface area contributed by atoms with Gasteiger partial charge in [0.15, 0.2) is 0 Å². The molecule has 22 heavy (non-hydrogen) atoms. The van der Waals surface area contributed by atoms with E-state index in [1.165, 1.54) is 5.56 Å². The molecule has 114 valence electrons. The van der Waals surface area contributed by atoms with E-state index in [1.54, 1.807) is 16.7 Å². The van der Waals surface area contributed by atoms with Gasteiger partial charge in [0.05, 0.1) is 5.75 Å². The molecule has 0 radical (unpaired) electrons. The molecule has 3 rings (SSSR count). The number of amides is 1. The van der Waals surface area contributed by atoms with Crippen molar-refractivity contribution in [2.24, 2.45) is 0 Å². The fourth-order valence-electron chi connectivity index (χ4n) is 2.59. The summed E-state index contributed by atoms with van der Waals surface area (Å²) < 4.78 is 0. The van der Waals surface area contributed by atoms with Crippen molar-refractivity contribution in [3.05, 3.63) is 63.6 Å². The largest absolute Gasteiger partial charge is 0.295 e. The van der Waals surface area contributed by atoms with Crippen LogP contribution in [0.5, 0.6) is 0 Å². The molecule has 2 aromatic rings. The van der Waals surface area contributed by atoms with Crippen LogP contribution in [0.15, 0.2) is 42.5 Å². The highest BCUT2D eigenvalue weighted by Gasteiger charge is 2.36. The second-order valence-corrected chi connectivity index (χ2v) is 6.97. The van der Waals surface area contributed by atoms with Gasteiger partial charge in [0.2, 0.25) is 5.91 Å². The molecule has 1 unspecified atom stereocenters. The molecule has 5 heteroatoms. The number of nitrogens with zero attached hydrogens (tertiary/aromatic N) is 1. The first-order valence-electron chi connectivity index (χ1n) is 7.08. The van der Waals surface area contributed by atoms with Crippen LogP contribution < -0.4 is 4.90 Å². The van der Waals surface area contributed by atoms with Crippen molar-refractivity contribution in [2.75, 3.05) is 10.7 Å². The number of benzene rings is 2. The van der Waals surface area contributed by atoms with Gasteiger partial charge in [-0.25, -0.2) is 0 Å². The van der Waals surface area contributed by atoms with E-state index >= 15 is 0 Å². The predicted octanol–water partition coefficient (Wildman–Crippen LogP) is 5.33. The molecule has 1 heterocycles. The minimum absolute atomic E-state index is 0.0826. The highest BCUT2D eigenvalue weighted by molar-refractivity contribution is 8.00. The average molecular weight is 352 g/mol. The van der Waals surface area contributed by atoms with E-state index in [9.17, 15) is 4.79 Å². The van der Waals surface area contributed by atoms with Gasteiger partial charge >= 0.3 is 0 Å². The Kier molecular flexibility index (Phi) is 4.67. The fraction of sp³-hybridized carbons (Fsp3) is 0.235. The van der Waals surface area contributed by atoms with Crippen molar-refractivity contribution in [2.45, 2.75) is 18.7 Å². The lowest BCUT2D eigenvalue weighted by molar-refractivity contribution is -0.115. The number of carbonyl (C=O) groups is 1. The van der Waals surface area contributed by atoms with Crippen LogP contribution in [-0.4, -0.2) is 11.7 Å². The predicted molar refractivity (Wildman–Crippen MR) is 95.0 cm³/mol. The number of halogens is 2. The molecule has 0 N–H and O–H groups in total. The molecule has 1 amide bonds. The Balaban J connectivity index is 2.06. The molecule has 1 fully saturated rings. The van der Waals surface area contributed by atoms with Gasteiger partial charge in [-0.2, -0.15) is 0 Å². The maximum Gasteiger partial charge on any atom is 0.238 e. The highest BCUT2D eigenvalue weighted by atomic mass is 35.5. The number of hydrogen-bond acceptors (Lipinski definition) is 2. The fourth-order valence-corrected chi connectivity index (χ4v) is 4.57. The summed E-state index contributed by atoms with van der Waals surface area (Å²) in [5.41, 5.74) is 2.91. The number of aryl methyl sites for hydroxylation is 1. The van der Waals surface area contributed by atoms with Gasteiger partial charge in [0.1, 0.15) is 5.37 Å². The number of rotatable bonds is 3. The molecule has 2 aromatic carbocycles. The maximum atomic E-state index is 12.4. The van der Waals surface area contributed by atoms with Gasteiger partial charge in [-0.15, -0.1) is 11.8 Å². The molecule has 0 aliphatic carbocycles. The van der Waals surface area contributed by atoms with Crippen LogP contribution >= 0.6 is 35.0 Å². The number of anilines is 1. The van der Waals surface area contributed by atoms with Crippen LogP contribution in [-0.2, 0) is 11.2 Å². The van der Waals surface area contributed by atoms with Gasteiger partial charge in [-0.05, 0) is 36.2 Å². The second kappa shape index (κ2) is 6.53. The van der Waals surface area contributed by atoms with Gasteiger partial charge < -0.3 is 0 Å². The summed E-state index contributed by atoms with van der Waals surface area (Å²) in [4.78, 5) is 14.2. The third kappa shape index (κ3) is 2.85. The first kappa shape index (κ1) is 15.7. The van der Waals surface area contributed by atoms with Crippen molar-refractivity contribution >= 4 is 46.6 Å². The van der Waals surface area contributed by atoms with Crippen LogP contribution in [0.3, 0.4) is 0 Å². The Hall–Kier alpha value is -1.16. The van der Waals surface area contributed by atoms with E-state index in [4.69, 9.17) is 23.2 Å². The standard InChI is InChI=1S/C17H15Cl2NOS/c1-2-11-5-3-6-12(9-11)20-15(21)10-22-17(20)16-13(18)7-4-8-14(16)19/h3-9,17H,2,10H2,1H3. The Morgan fingerprint density at radius 3 is 2.55 bits per heavy atom. The van der Waals surface area contributed by atoms with Crippen LogP contribution in [0.1, 0.15) is 23.4 Å². The Morgan fingerprint density at radius 2 is 1.86 bits per heavy atom. The first-order chi connectivity index (χ1) is 10.6. The number of hydrogen-bond donors (Lipinski definition) is 0. The lowest BCUT2D eigenvalue weighted by Gasteiger charge is -2.26. The molecule has 0 spiro atoms. The van der Waals surface area contributed by atoms with Gasteiger partial charge in [0, 0.05) is 21.3 Å². The molecule has 1 saturated heterocycles. The second-order valence-electron chi connectivity index (χ2n) is 5.09. The van der Waals surface area contributed by atoms with Crippen LogP contribution in [0.25, 0.3) is 0 Å². The van der Waals surface area contributed by atoms with Crippen molar-refractivity contribution < 1.29 is 4.79 Å². The van der Waals surface area contributed by atoms with E-state index in [-0.39, 0.29) is 11.3 Å². The van der Waals surface area contributed by atoms with Crippen LogP contribution in [0, 0.1) is 0 Å². The summed E-state index contributed by atoms with van der Waals surface area (Å²) in [6.07, 6.45) is 0.931. The SMILES string of the molecule is CCc1cccc(N2C(=O)CSC2c2c(Cl)cccc2Cl)c1. The van der Waals surface area contributed by atoms with Crippen molar-refractivity contribution in [3.63, 3.8) is 0 Å². The zero-order chi connectivity index (χ0) is 15.7. The van der Waals surface area contributed by atoms with E-state index in [1.807, 2.05) is 30.3 Å². The van der Waals surface area contributed by atoms with Crippen molar-refractivity contribution in [1.29, 1.82) is 0 Å². The van der Waals surface area contributed by atoms with Gasteiger partial charge in [-0.1, -0.05) is 48.3 Å². The number of thioether (sulfide) groups is 1. The third-order valence-electron chi connectivity index (χ3n) is 3.71. The quantitative estimate of drug-likeness (QED) is 0.744. The molecule has 2 nitrogen and oxygen atoms in total. The molecule has 0 aromatic heterocycles. The number of carbonyl (C=O) groups excluding carboxylic acids is 1. The summed E-state index contributed by atoms with van der Waals surface area (Å²) >= 11 is 14.2. The molecule has 1 atom stereocenters. The van der Waals surface area contributed by atoms with E-state index in [2.05, 4.69) is 19.1 Å². The summed E-state index contributed by atoms with van der Waals surface area (Å²) in [7, 11) is 0. The van der Waals surface area contributed by atoms with Crippen LogP contribution in [0.2, 0.25) is 10.0 Å². The average Bonchev–Trinajstić information content (AvgIpc) is 2.89. The molecule has 0 saturated carbocycles. The summed E-state index contributed by atoms with van der Waals surface area (Å²) in [6.45, 7) is 2.10. The monoisotopic (exact) mass is 351 g/mol. The summed E-state index contributed by atoms with van der Waals surface area (Å²) in [6, 6.07) is 13.5. The molecular weight excluding hydrogens is 337 g/mol. The molecule has 1 aliphatic heterocycles. The minimum atomic E-state index is -0.180. The Labute approximate surface area is 144 Å². The maximum absolute atomic E-state index is 12.4. The topological polar surface area (TPSA) is 20.3 Å². The smallest absolute Gasteiger partial charge is 0.238 e. The van der Waals surface area contributed by atoms with E-state index in [0.717, 1.165) is 17.7 Å².